The second-order valence-corrected chi connectivity index (χ2v) is 5.78. The Bertz CT molecular complexity index is 634. The van der Waals surface area contributed by atoms with E-state index >= 15 is 0 Å². The van der Waals surface area contributed by atoms with Crippen LogP contribution in [0.2, 0.25) is 0 Å². The third kappa shape index (κ3) is 3.13. The first kappa shape index (κ1) is 14.6. The minimum atomic E-state index is -0.116. The van der Waals surface area contributed by atoms with Crippen LogP contribution >= 0.6 is 0 Å². The lowest BCUT2D eigenvalue weighted by Crippen LogP contribution is -2.42. The summed E-state index contributed by atoms with van der Waals surface area (Å²) in [5.74, 6) is 2.74. The number of nitrogens with one attached hydrogen (secondary N) is 1. The lowest BCUT2D eigenvalue weighted by molar-refractivity contribution is 0.201. The van der Waals surface area contributed by atoms with Crippen LogP contribution in [-0.4, -0.2) is 38.8 Å². The van der Waals surface area contributed by atoms with Crippen LogP contribution in [0.1, 0.15) is 30.8 Å². The van der Waals surface area contributed by atoms with E-state index in [0.29, 0.717) is 13.0 Å². The summed E-state index contributed by atoms with van der Waals surface area (Å²) in [4.78, 5) is 13.9. The smallest absolute Gasteiger partial charge is 0.317 e. The van der Waals surface area contributed by atoms with Gasteiger partial charge in [-0.05, 0) is 25.5 Å². The number of hydrogen-bond acceptors (Lipinski definition) is 4. The topological polar surface area (TPSA) is 76.2 Å². The molecular weight excluding hydrogens is 282 g/mol. The Morgan fingerprint density at radius 1 is 1.55 bits per heavy atom. The second-order valence-electron chi connectivity index (χ2n) is 5.78. The lowest BCUT2D eigenvalue weighted by atomic mass is 10.2. The van der Waals surface area contributed by atoms with Crippen molar-refractivity contribution in [1.82, 2.24) is 25.0 Å². The van der Waals surface area contributed by atoms with Crippen molar-refractivity contribution in [3.05, 3.63) is 35.8 Å². The molecule has 0 aromatic carbocycles. The number of nitrogens with zero attached hydrogens (tertiary/aromatic N) is 4. The normalized spacial score (nSPS) is 14.6. The van der Waals surface area contributed by atoms with Crippen LogP contribution in [0.25, 0.3) is 0 Å². The number of hydrogen-bond donors (Lipinski definition) is 1. The van der Waals surface area contributed by atoms with Gasteiger partial charge in [0.25, 0.3) is 0 Å². The molecule has 2 aromatic heterocycles. The molecule has 0 saturated carbocycles. The Kier molecular flexibility index (Phi) is 4.13. The maximum Gasteiger partial charge on any atom is 0.317 e. The monoisotopic (exact) mass is 303 g/mol. The van der Waals surface area contributed by atoms with E-state index in [4.69, 9.17) is 4.42 Å². The van der Waals surface area contributed by atoms with Crippen LogP contribution in [0.5, 0.6) is 0 Å². The van der Waals surface area contributed by atoms with Crippen LogP contribution < -0.4 is 5.32 Å². The largest absolute Gasteiger partial charge is 0.469 e. The zero-order valence-electron chi connectivity index (χ0n) is 13.0. The predicted molar refractivity (Wildman–Crippen MR) is 80.2 cm³/mol. The summed E-state index contributed by atoms with van der Waals surface area (Å²) in [6.45, 7) is 3.37. The number of carbonyl (C=O) groups is 1. The van der Waals surface area contributed by atoms with E-state index in [9.17, 15) is 4.79 Å². The highest BCUT2D eigenvalue weighted by Gasteiger charge is 2.20. The first-order valence-corrected chi connectivity index (χ1v) is 7.58. The van der Waals surface area contributed by atoms with Gasteiger partial charge in [-0.15, -0.1) is 10.2 Å². The second kappa shape index (κ2) is 6.21. The van der Waals surface area contributed by atoms with Crippen molar-refractivity contribution < 1.29 is 9.21 Å². The number of carbonyl (C=O) groups excluding carboxylic acids is 1. The number of fused-ring (bicyclic) bond motifs is 1. The molecule has 7 heteroatoms. The maximum absolute atomic E-state index is 12.2. The molecule has 3 rings (SSSR count). The predicted octanol–water partition coefficient (Wildman–Crippen LogP) is 1.59. The van der Waals surface area contributed by atoms with Crippen LogP contribution in [0.3, 0.4) is 0 Å². The number of urea groups is 1. The fraction of sp³-hybridized carbons (Fsp3) is 0.533. The Balaban J connectivity index is 1.53. The van der Waals surface area contributed by atoms with Crippen molar-refractivity contribution in [2.24, 2.45) is 0 Å². The molecule has 118 valence electrons. The fourth-order valence-electron chi connectivity index (χ4n) is 2.71. The van der Waals surface area contributed by atoms with E-state index in [1.165, 1.54) is 0 Å². The molecule has 0 spiro atoms. The molecule has 1 atom stereocenters. The van der Waals surface area contributed by atoms with Crippen molar-refractivity contribution in [3.63, 3.8) is 0 Å². The van der Waals surface area contributed by atoms with Crippen LogP contribution in [0, 0.1) is 0 Å². The van der Waals surface area contributed by atoms with Crippen molar-refractivity contribution in [2.75, 3.05) is 7.05 Å². The molecule has 2 amide bonds. The SMILES string of the molecule is C[C@H](Cc1ccco1)NC(=O)N(C)Cc1nnc2n1CCC2. The van der Waals surface area contributed by atoms with Gasteiger partial charge in [0.1, 0.15) is 11.6 Å². The average molecular weight is 303 g/mol. The molecule has 0 aliphatic carbocycles. The zero-order chi connectivity index (χ0) is 15.5. The molecule has 1 N–H and O–H groups in total. The highest BCUT2D eigenvalue weighted by molar-refractivity contribution is 5.74. The Morgan fingerprint density at radius 2 is 2.41 bits per heavy atom. The zero-order valence-corrected chi connectivity index (χ0v) is 13.0. The number of amides is 2. The molecular formula is C15H21N5O2. The van der Waals surface area contributed by atoms with Gasteiger partial charge in [-0.2, -0.15) is 0 Å². The first-order valence-electron chi connectivity index (χ1n) is 7.58. The molecule has 1 aliphatic heterocycles. The summed E-state index contributed by atoms with van der Waals surface area (Å²) < 4.78 is 7.40. The van der Waals surface area contributed by atoms with Crippen molar-refractivity contribution in [3.8, 4) is 0 Å². The van der Waals surface area contributed by atoms with E-state index in [1.54, 1.807) is 18.2 Å². The number of aryl methyl sites for hydroxylation is 1. The average Bonchev–Trinajstić information content (AvgIpc) is 3.17. The van der Waals surface area contributed by atoms with Crippen LogP contribution in [-0.2, 0) is 25.9 Å². The van der Waals surface area contributed by atoms with E-state index in [2.05, 4.69) is 20.1 Å². The molecule has 22 heavy (non-hydrogen) atoms. The molecule has 7 nitrogen and oxygen atoms in total. The lowest BCUT2D eigenvalue weighted by Gasteiger charge is -2.20. The minimum Gasteiger partial charge on any atom is -0.469 e. The molecule has 3 heterocycles. The maximum atomic E-state index is 12.2. The summed E-state index contributed by atoms with van der Waals surface area (Å²) in [5, 5.41) is 11.3. The van der Waals surface area contributed by atoms with Crippen molar-refractivity contribution in [2.45, 2.75) is 45.3 Å². The highest BCUT2D eigenvalue weighted by Crippen LogP contribution is 2.15. The molecule has 0 saturated heterocycles. The van der Waals surface area contributed by atoms with Gasteiger partial charge >= 0.3 is 6.03 Å². The van der Waals surface area contributed by atoms with E-state index < -0.39 is 0 Å². The summed E-state index contributed by atoms with van der Waals surface area (Å²) >= 11 is 0. The third-order valence-corrected chi connectivity index (χ3v) is 3.87. The summed E-state index contributed by atoms with van der Waals surface area (Å²) in [7, 11) is 1.77. The molecule has 1 aliphatic rings. The first-order chi connectivity index (χ1) is 10.6. The van der Waals surface area contributed by atoms with Gasteiger partial charge in [0.15, 0.2) is 5.82 Å². The van der Waals surface area contributed by atoms with Crippen molar-refractivity contribution in [1.29, 1.82) is 0 Å². The molecule has 0 fully saturated rings. The van der Waals surface area contributed by atoms with E-state index in [1.807, 2.05) is 19.1 Å². The Hall–Kier alpha value is -2.31. The van der Waals surface area contributed by atoms with Gasteiger partial charge in [-0.25, -0.2) is 4.79 Å². The summed E-state index contributed by atoms with van der Waals surface area (Å²) in [6.07, 6.45) is 4.39. The molecule has 2 aromatic rings. The van der Waals surface area contributed by atoms with E-state index in [0.717, 1.165) is 36.8 Å². The molecule has 0 unspecified atom stereocenters. The summed E-state index contributed by atoms with van der Waals surface area (Å²) in [6, 6.07) is 3.65. The quantitative estimate of drug-likeness (QED) is 0.910. The van der Waals surface area contributed by atoms with Crippen molar-refractivity contribution >= 4 is 6.03 Å². The molecule has 0 bridgehead atoms. The Labute approximate surface area is 129 Å². The standard InChI is InChI=1S/C15H21N5O2/c1-11(9-12-5-4-8-22-12)16-15(21)19(2)10-14-18-17-13-6-3-7-20(13)14/h4-5,8,11H,3,6-7,9-10H2,1-2H3,(H,16,21)/t11-/m1/s1. The van der Waals surface area contributed by atoms with Gasteiger partial charge < -0.3 is 19.2 Å². The highest BCUT2D eigenvalue weighted by atomic mass is 16.3. The third-order valence-electron chi connectivity index (χ3n) is 3.87. The van der Waals surface area contributed by atoms with Gasteiger partial charge in [0.2, 0.25) is 0 Å². The summed E-state index contributed by atoms with van der Waals surface area (Å²) in [5.41, 5.74) is 0. The van der Waals surface area contributed by atoms with Gasteiger partial charge in [-0.1, -0.05) is 0 Å². The van der Waals surface area contributed by atoms with E-state index in [-0.39, 0.29) is 12.1 Å². The van der Waals surface area contributed by atoms with Gasteiger partial charge in [-0.3, -0.25) is 0 Å². The Morgan fingerprint density at radius 3 is 3.18 bits per heavy atom. The number of furan rings is 1. The van der Waals surface area contributed by atoms with Crippen LogP contribution in [0.15, 0.2) is 22.8 Å². The van der Waals surface area contributed by atoms with Gasteiger partial charge in [0, 0.05) is 32.5 Å². The van der Waals surface area contributed by atoms with Crippen LogP contribution in [0.4, 0.5) is 4.79 Å². The molecule has 0 radical (unpaired) electrons. The number of aromatic nitrogens is 3. The fourth-order valence-corrected chi connectivity index (χ4v) is 2.71. The van der Waals surface area contributed by atoms with Gasteiger partial charge in [0.05, 0.1) is 12.8 Å². The minimum absolute atomic E-state index is 0.00483. The number of rotatable bonds is 5.